The number of hydrogen-bond donors (Lipinski definition) is 2. The highest BCUT2D eigenvalue weighted by atomic mass is 19.1. The number of nitrogens with two attached hydrogens (primary N) is 1. The zero-order chi connectivity index (χ0) is 18.0. The van der Waals surface area contributed by atoms with Crippen LogP contribution in [0.25, 0.3) is 5.52 Å². The lowest BCUT2D eigenvalue weighted by molar-refractivity contribution is 0.618. The van der Waals surface area contributed by atoms with E-state index in [1.54, 1.807) is 13.0 Å². The first-order valence-electron chi connectivity index (χ1n) is 7.56. The van der Waals surface area contributed by atoms with Gasteiger partial charge in [0, 0.05) is 23.8 Å². The van der Waals surface area contributed by atoms with Crippen molar-refractivity contribution < 1.29 is 4.39 Å². The number of pyridine rings is 2. The Labute approximate surface area is 142 Å². The molecular weight excluding hydrogens is 323 g/mol. The number of nitriles is 1. The topological polar surface area (TPSA) is 109 Å². The molecule has 0 amide bonds. The highest BCUT2D eigenvalue weighted by Crippen LogP contribution is 2.16. The summed E-state index contributed by atoms with van der Waals surface area (Å²) in [5, 5.41) is 12.1. The molecule has 7 nitrogen and oxygen atoms in total. The average Bonchev–Trinajstić information content (AvgIpc) is 2.60. The summed E-state index contributed by atoms with van der Waals surface area (Å²) in [5.74, 6) is 0.00296. The summed E-state index contributed by atoms with van der Waals surface area (Å²) < 4.78 is 14.6. The predicted octanol–water partition coefficient (Wildman–Crippen LogP) is 1.65. The van der Waals surface area contributed by atoms with Gasteiger partial charge in [-0.1, -0.05) is 0 Å². The second-order valence-corrected chi connectivity index (χ2v) is 5.51. The smallest absolute Gasteiger partial charge is 0.258 e. The summed E-state index contributed by atoms with van der Waals surface area (Å²) in [6, 6.07) is 6.68. The Morgan fingerprint density at radius 1 is 1.40 bits per heavy atom. The molecule has 3 rings (SSSR count). The molecule has 3 N–H and O–H groups in total. The lowest BCUT2D eigenvalue weighted by atomic mass is 10.1. The van der Waals surface area contributed by atoms with Gasteiger partial charge < -0.3 is 11.1 Å². The Kier molecular flexibility index (Phi) is 4.31. The second kappa shape index (κ2) is 6.57. The van der Waals surface area contributed by atoms with E-state index in [0.29, 0.717) is 29.9 Å². The van der Waals surface area contributed by atoms with Crippen LogP contribution in [-0.4, -0.2) is 20.9 Å². The summed E-state index contributed by atoms with van der Waals surface area (Å²) in [7, 11) is 0. The van der Waals surface area contributed by atoms with Crippen LogP contribution in [0.15, 0.2) is 35.5 Å². The Balaban J connectivity index is 1.84. The number of hydrogen-bond acceptors (Lipinski definition) is 6. The summed E-state index contributed by atoms with van der Waals surface area (Å²) in [4.78, 5) is 20.2. The van der Waals surface area contributed by atoms with Crippen molar-refractivity contribution in [3.8, 4) is 6.07 Å². The molecule has 0 fully saturated rings. The fourth-order valence-corrected chi connectivity index (χ4v) is 2.60. The van der Waals surface area contributed by atoms with E-state index in [2.05, 4.69) is 15.3 Å². The number of anilines is 2. The molecule has 0 aromatic carbocycles. The van der Waals surface area contributed by atoms with Crippen LogP contribution < -0.4 is 16.6 Å². The molecule has 8 heteroatoms. The first-order valence-corrected chi connectivity index (χ1v) is 7.56. The Morgan fingerprint density at radius 2 is 2.20 bits per heavy atom. The Hall–Kier alpha value is -3.47. The average molecular weight is 338 g/mol. The van der Waals surface area contributed by atoms with E-state index >= 15 is 0 Å². The minimum absolute atomic E-state index is 0.113. The van der Waals surface area contributed by atoms with Gasteiger partial charge in [-0.2, -0.15) is 5.26 Å². The number of aromatic nitrogens is 3. The lowest BCUT2D eigenvalue weighted by Gasteiger charge is -2.11. The minimum atomic E-state index is -0.464. The third-order valence-electron chi connectivity index (χ3n) is 3.96. The maximum atomic E-state index is 13.3. The van der Waals surface area contributed by atoms with E-state index in [1.165, 1.54) is 23.0 Å². The molecule has 0 saturated carbocycles. The molecule has 0 spiro atoms. The van der Waals surface area contributed by atoms with Gasteiger partial charge in [-0.05, 0) is 37.1 Å². The fourth-order valence-electron chi connectivity index (χ4n) is 2.60. The van der Waals surface area contributed by atoms with Crippen molar-refractivity contribution in [3.05, 3.63) is 63.6 Å². The largest absolute Gasteiger partial charge is 0.382 e. The van der Waals surface area contributed by atoms with Gasteiger partial charge in [0.15, 0.2) is 0 Å². The molecule has 0 aliphatic carbocycles. The van der Waals surface area contributed by atoms with Crippen molar-refractivity contribution >= 4 is 17.2 Å². The van der Waals surface area contributed by atoms with Crippen LogP contribution in [-0.2, 0) is 6.42 Å². The first-order chi connectivity index (χ1) is 12.0. The van der Waals surface area contributed by atoms with Crippen LogP contribution >= 0.6 is 0 Å². The van der Waals surface area contributed by atoms with Gasteiger partial charge in [0.25, 0.3) is 5.56 Å². The number of fused-ring (bicyclic) bond motifs is 1. The molecule has 0 radical (unpaired) electrons. The third kappa shape index (κ3) is 3.12. The van der Waals surface area contributed by atoms with E-state index in [0.717, 1.165) is 5.56 Å². The number of nitrogen functional groups attached to an aromatic ring is 1. The minimum Gasteiger partial charge on any atom is -0.382 e. The van der Waals surface area contributed by atoms with E-state index < -0.39 is 5.82 Å². The fraction of sp³-hybridized carbons (Fsp3) is 0.176. The first kappa shape index (κ1) is 16.4. The van der Waals surface area contributed by atoms with Gasteiger partial charge in [0.1, 0.15) is 35.4 Å². The molecule has 3 aromatic rings. The van der Waals surface area contributed by atoms with Crippen molar-refractivity contribution in [2.24, 2.45) is 0 Å². The van der Waals surface area contributed by atoms with Gasteiger partial charge in [-0.25, -0.2) is 14.4 Å². The van der Waals surface area contributed by atoms with E-state index in [9.17, 15) is 9.18 Å². The molecule has 25 heavy (non-hydrogen) atoms. The van der Waals surface area contributed by atoms with Gasteiger partial charge in [0.05, 0.1) is 0 Å². The van der Waals surface area contributed by atoms with Crippen LogP contribution in [0.5, 0.6) is 0 Å². The van der Waals surface area contributed by atoms with Crippen molar-refractivity contribution in [1.82, 2.24) is 14.4 Å². The SMILES string of the molecule is Cc1c(CCNc2ncnc(N)c2C#N)cc2ccc(F)cn2c1=O. The molecular formula is C17H15FN6O. The summed E-state index contributed by atoms with van der Waals surface area (Å²) in [6.07, 6.45) is 2.99. The van der Waals surface area contributed by atoms with Gasteiger partial charge in [-0.3, -0.25) is 9.20 Å². The molecule has 0 unspecified atom stereocenters. The van der Waals surface area contributed by atoms with Crippen LogP contribution in [0.4, 0.5) is 16.0 Å². The maximum absolute atomic E-state index is 13.3. The number of halogens is 1. The van der Waals surface area contributed by atoms with Crippen molar-refractivity contribution in [2.75, 3.05) is 17.6 Å². The number of rotatable bonds is 4. The number of nitrogens with one attached hydrogen (secondary N) is 1. The van der Waals surface area contributed by atoms with Crippen molar-refractivity contribution in [3.63, 3.8) is 0 Å². The standard InChI is InChI=1S/C17H15FN6O/c1-10-11(6-13-3-2-12(18)8-24(13)17(10)25)4-5-21-16-14(7-19)15(20)22-9-23-16/h2-3,6,8-9H,4-5H2,1H3,(H3,20,21,22,23). The van der Waals surface area contributed by atoms with Crippen LogP contribution in [0.3, 0.4) is 0 Å². The van der Waals surface area contributed by atoms with Crippen LogP contribution in [0.1, 0.15) is 16.7 Å². The van der Waals surface area contributed by atoms with Gasteiger partial charge in [0.2, 0.25) is 0 Å². The van der Waals surface area contributed by atoms with Crippen LogP contribution in [0.2, 0.25) is 0 Å². The second-order valence-electron chi connectivity index (χ2n) is 5.51. The van der Waals surface area contributed by atoms with E-state index in [-0.39, 0.29) is 16.9 Å². The zero-order valence-corrected chi connectivity index (χ0v) is 13.5. The monoisotopic (exact) mass is 338 g/mol. The molecule has 0 bridgehead atoms. The summed E-state index contributed by atoms with van der Waals surface area (Å²) in [5.41, 5.74) is 7.59. The van der Waals surface area contributed by atoms with E-state index in [4.69, 9.17) is 11.0 Å². The zero-order valence-electron chi connectivity index (χ0n) is 13.5. The molecule has 126 valence electrons. The lowest BCUT2D eigenvalue weighted by Crippen LogP contribution is -2.20. The van der Waals surface area contributed by atoms with Crippen molar-refractivity contribution in [1.29, 1.82) is 5.26 Å². The summed E-state index contributed by atoms with van der Waals surface area (Å²) >= 11 is 0. The quantitative estimate of drug-likeness (QED) is 0.748. The highest BCUT2D eigenvalue weighted by Gasteiger charge is 2.10. The Bertz CT molecular complexity index is 1050. The highest BCUT2D eigenvalue weighted by molar-refractivity contribution is 5.62. The molecule has 0 aliphatic heterocycles. The molecule has 3 aromatic heterocycles. The summed E-state index contributed by atoms with van der Waals surface area (Å²) in [6.45, 7) is 2.15. The van der Waals surface area contributed by atoms with E-state index in [1.807, 2.05) is 12.1 Å². The van der Waals surface area contributed by atoms with Crippen molar-refractivity contribution in [2.45, 2.75) is 13.3 Å². The molecule has 0 atom stereocenters. The number of nitrogens with zero attached hydrogens (tertiary/aromatic N) is 4. The Morgan fingerprint density at radius 3 is 2.96 bits per heavy atom. The van der Waals surface area contributed by atoms with Crippen LogP contribution in [0, 0.1) is 24.1 Å². The maximum Gasteiger partial charge on any atom is 0.258 e. The van der Waals surface area contributed by atoms with Gasteiger partial charge >= 0.3 is 0 Å². The predicted molar refractivity (Wildman–Crippen MR) is 91.7 cm³/mol. The van der Waals surface area contributed by atoms with Gasteiger partial charge in [-0.15, -0.1) is 0 Å². The third-order valence-corrected chi connectivity index (χ3v) is 3.96. The normalized spacial score (nSPS) is 10.6. The molecule has 0 aliphatic rings. The molecule has 3 heterocycles. The molecule has 0 saturated heterocycles.